The Bertz CT molecular complexity index is 422. The van der Waals surface area contributed by atoms with Crippen LogP contribution >= 0.6 is 0 Å². The van der Waals surface area contributed by atoms with Gasteiger partial charge in [-0.25, -0.2) is 0 Å². The van der Waals surface area contributed by atoms with Crippen LogP contribution in [0.1, 0.15) is 38.5 Å². The highest BCUT2D eigenvalue weighted by atomic mass is 16.5. The van der Waals surface area contributed by atoms with E-state index in [9.17, 15) is 14.4 Å². The topological polar surface area (TPSA) is 93.7 Å². The normalized spacial score (nSPS) is 24.6. The van der Waals surface area contributed by atoms with Gasteiger partial charge in [0.05, 0.1) is 38.3 Å². The van der Waals surface area contributed by atoms with Gasteiger partial charge in [-0.15, -0.1) is 0 Å². The zero-order valence-electron chi connectivity index (χ0n) is 12.9. The molecular weight excluding hydrogens is 288 g/mol. The molecule has 0 aromatic carbocycles. The summed E-state index contributed by atoms with van der Waals surface area (Å²) in [5, 5.41) is 5.73. The van der Waals surface area contributed by atoms with Gasteiger partial charge >= 0.3 is 5.97 Å². The highest BCUT2D eigenvalue weighted by Crippen LogP contribution is 2.25. The monoisotopic (exact) mass is 312 g/mol. The molecule has 7 heteroatoms. The fourth-order valence-corrected chi connectivity index (χ4v) is 2.53. The van der Waals surface area contributed by atoms with E-state index < -0.39 is 5.97 Å². The van der Waals surface area contributed by atoms with E-state index in [0.29, 0.717) is 19.1 Å². The SMILES string of the molecule is COC(=O)CCC(=O)CNC(=O)[C@@H]1C[C@H](OC2CCC2)CN1. The van der Waals surface area contributed by atoms with Crippen molar-refractivity contribution in [2.24, 2.45) is 0 Å². The van der Waals surface area contributed by atoms with Gasteiger partial charge in [-0.2, -0.15) is 0 Å². The molecule has 22 heavy (non-hydrogen) atoms. The molecule has 0 unspecified atom stereocenters. The minimum Gasteiger partial charge on any atom is -0.469 e. The van der Waals surface area contributed by atoms with Crippen molar-refractivity contribution in [3.05, 3.63) is 0 Å². The first kappa shape index (κ1) is 16.9. The largest absolute Gasteiger partial charge is 0.469 e. The minimum absolute atomic E-state index is 0.0458. The number of amides is 1. The number of hydrogen-bond donors (Lipinski definition) is 2. The Morgan fingerprint density at radius 1 is 1.18 bits per heavy atom. The summed E-state index contributed by atoms with van der Waals surface area (Å²) in [6, 6.07) is -0.307. The second-order valence-electron chi connectivity index (χ2n) is 5.84. The Balaban J connectivity index is 1.60. The summed E-state index contributed by atoms with van der Waals surface area (Å²) in [6.45, 7) is 0.618. The van der Waals surface area contributed by atoms with Crippen LogP contribution in [0.3, 0.4) is 0 Å². The molecule has 2 fully saturated rings. The number of ether oxygens (including phenoxy) is 2. The van der Waals surface area contributed by atoms with Crippen molar-refractivity contribution in [2.75, 3.05) is 20.2 Å². The van der Waals surface area contributed by atoms with E-state index in [1.165, 1.54) is 13.5 Å². The lowest BCUT2D eigenvalue weighted by molar-refractivity contribution is -0.141. The number of carbonyl (C=O) groups excluding carboxylic acids is 3. The Kier molecular flexibility index (Phi) is 6.33. The molecule has 7 nitrogen and oxygen atoms in total. The summed E-state index contributed by atoms with van der Waals surface area (Å²) in [5.74, 6) is -0.793. The minimum atomic E-state index is -0.423. The third-order valence-corrected chi connectivity index (χ3v) is 4.14. The summed E-state index contributed by atoms with van der Waals surface area (Å²) in [7, 11) is 1.28. The van der Waals surface area contributed by atoms with Crippen molar-refractivity contribution < 1.29 is 23.9 Å². The summed E-state index contributed by atoms with van der Waals surface area (Å²) in [6.07, 6.45) is 4.65. The van der Waals surface area contributed by atoms with E-state index in [4.69, 9.17) is 4.74 Å². The molecule has 1 aliphatic heterocycles. The fourth-order valence-electron chi connectivity index (χ4n) is 2.53. The summed E-state index contributed by atoms with van der Waals surface area (Å²) in [5.41, 5.74) is 0. The molecule has 1 aliphatic carbocycles. The molecule has 0 aromatic rings. The van der Waals surface area contributed by atoms with Crippen LogP contribution in [0.15, 0.2) is 0 Å². The van der Waals surface area contributed by atoms with Crippen LogP contribution in [-0.2, 0) is 23.9 Å². The van der Waals surface area contributed by atoms with E-state index in [0.717, 1.165) is 12.8 Å². The molecule has 2 N–H and O–H groups in total. The molecule has 1 saturated heterocycles. The molecule has 2 rings (SSSR count). The van der Waals surface area contributed by atoms with Crippen molar-refractivity contribution in [2.45, 2.75) is 56.8 Å². The highest BCUT2D eigenvalue weighted by molar-refractivity contribution is 5.89. The first-order valence-corrected chi connectivity index (χ1v) is 7.83. The molecule has 2 aliphatic rings. The fraction of sp³-hybridized carbons (Fsp3) is 0.800. The predicted molar refractivity (Wildman–Crippen MR) is 78.2 cm³/mol. The van der Waals surface area contributed by atoms with Crippen LogP contribution < -0.4 is 10.6 Å². The van der Waals surface area contributed by atoms with Gasteiger partial charge in [0.25, 0.3) is 0 Å². The van der Waals surface area contributed by atoms with Gasteiger partial charge in [0.2, 0.25) is 5.91 Å². The van der Waals surface area contributed by atoms with Crippen LogP contribution in [0.5, 0.6) is 0 Å². The Morgan fingerprint density at radius 2 is 1.95 bits per heavy atom. The highest BCUT2D eigenvalue weighted by Gasteiger charge is 2.32. The van der Waals surface area contributed by atoms with Crippen LogP contribution in [0.25, 0.3) is 0 Å². The van der Waals surface area contributed by atoms with E-state index in [1.807, 2.05) is 0 Å². The summed E-state index contributed by atoms with van der Waals surface area (Å²) >= 11 is 0. The van der Waals surface area contributed by atoms with Crippen molar-refractivity contribution >= 4 is 17.7 Å². The number of nitrogens with one attached hydrogen (secondary N) is 2. The molecule has 124 valence electrons. The number of carbonyl (C=O) groups is 3. The number of methoxy groups -OCH3 is 1. The summed E-state index contributed by atoms with van der Waals surface area (Å²) in [4.78, 5) is 34.5. The predicted octanol–water partition coefficient (Wildman–Crippen LogP) is -0.0755. The van der Waals surface area contributed by atoms with Gasteiger partial charge in [0.1, 0.15) is 0 Å². The lowest BCUT2D eigenvalue weighted by Crippen LogP contribution is -2.42. The molecule has 0 radical (unpaired) electrons. The van der Waals surface area contributed by atoms with Gasteiger partial charge in [-0.1, -0.05) is 0 Å². The van der Waals surface area contributed by atoms with Crippen molar-refractivity contribution in [3.8, 4) is 0 Å². The van der Waals surface area contributed by atoms with E-state index in [1.54, 1.807) is 0 Å². The molecule has 1 amide bonds. The zero-order chi connectivity index (χ0) is 15.9. The van der Waals surface area contributed by atoms with E-state index in [-0.39, 0.29) is 43.2 Å². The summed E-state index contributed by atoms with van der Waals surface area (Å²) < 4.78 is 10.3. The standard InChI is InChI=1S/C15H24N2O5/c1-21-14(19)6-5-10(18)8-17-15(20)13-7-12(9-16-13)22-11-3-2-4-11/h11-13,16H,2-9H2,1H3,(H,17,20)/t12-,13-/m0/s1. The van der Waals surface area contributed by atoms with Crippen molar-refractivity contribution in [1.82, 2.24) is 10.6 Å². The maximum atomic E-state index is 12.0. The van der Waals surface area contributed by atoms with Gasteiger partial charge < -0.3 is 20.1 Å². The molecule has 0 bridgehead atoms. The zero-order valence-corrected chi connectivity index (χ0v) is 12.9. The Labute approximate surface area is 130 Å². The average Bonchev–Trinajstić information content (AvgIpc) is 2.94. The number of esters is 1. The third-order valence-electron chi connectivity index (χ3n) is 4.14. The average molecular weight is 312 g/mol. The van der Waals surface area contributed by atoms with E-state index >= 15 is 0 Å². The number of rotatable bonds is 8. The lowest BCUT2D eigenvalue weighted by atomic mass is 9.96. The number of Topliss-reactive ketones (excluding diaryl/α,β-unsaturated/α-hetero) is 1. The first-order chi connectivity index (χ1) is 10.6. The van der Waals surface area contributed by atoms with Gasteiger partial charge in [-0.3, -0.25) is 14.4 Å². The molecule has 0 spiro atoms. The second kappa shape index (κ2) is 8.24. The smallest absolute Gasteiger partial charge is 0.305 e. The quantitative estimate of drug-likeness (QED) is 0.609. The maximum Gasteiger partial charge on any atom is 0.305 e. The van der Waals surface area contributed by atoms with Gasteiger partial charge in [-0.05, 0) is 25.7 Å². The first-order valence-electron chi connectivity index (χ1n) is 7.83. The van der Waals surface area contributed by atoms with Gasteiger partial charge in [0, 0.05) is 13.0 Å². The Morgan fingerprint density at radius 3 is 2.59 bits per heavy atom. The molecule has 2 atom stereocenters. The molecule has 1 heterocycles. The maximum absolute atomic E-state index is 12.0. The van der Waals surface area contributed by atoms with Crippen LogP contribution in [0.2, 0.25) is 0 Å². The number of ketones is 1. The molecular formula is C15H24N2O5. The third kappa shape index (κ3) is 5.06. The Hall–Kier alpha value is -1.47. The molecule has 1 saturated carbocycles. The van der Waals surface area contributed by atoms with Crippen molar-refractivity contribution in [3.63, 3.8) is 0 Å². The molecule has 0 aromatic heterocycles. The van der Waals surface area contributed by atoms with Crippen molar-refractivity contribution in [1.29, 1.82) is 0 Å². The lowest BCUT2D eigenvalue weighted by Gasteiger charge is -2.28. The second-order valence-corrected chi connectivity index (χ2v) is 5.84. The van der Waals surface area contributed by atoms with Crippen LogP contribution in [0, 0.1) is 0 Å². The number of hydrogen-bond acceptors (Lipinski definition) is 6. The van der Waals surface area contributed by atoms with E-state index in [2.05, 4.69) is 15.4 Å². The van der Waals surface area contributed by atoms with Crippen LogP contribution in [0.4, 0.5) is 0 Å². The van der Waals surface area contributed by atoms with Crippen LogP contribution in [-0.4, -0.2) is 56.1 Å². The van der Waals surface area contributed by atoms with Gasteiger partial charge in [0.15, 0.2) is 5.78 Å².